The summed E-state index contributed by atoms with van der Waals surface area (Å²) >= 11 is 1.66. The lowest BCUT2D eigenvalue weighted by Crippen LogP contribution is -2.47. The number of hydrogen-bond donors (Lipinski definition) is 0. The molecule has 3 heterocycles. The molecule has 1 fully saturated rings. The number of anilines is 2. The van der Waals surface area contributed by atoms with Crippen molar-refractivity contribution in [3.63, 3.8) is 0 Å². The minimum atomic E-state index is -4.32. The van der Waals surface area contributed by atoms with Crippen molar-refractivity contribution in [1.29, 1.82) is 0 Å². The summed E-state index contributed by atoms with van der Waals surface area (Å²) in [6.45, 7) is 6.87. The number of aryl methyl sites for hydroxylation is 2. The molecule has 0 aliphatic carbocycles. The van der Waals surface area contributed by atoms with Gasteiger partial charge in [-0.25, -0.2) is 9.97 Å². The van der Waals surface area contributed by atoms with E-state index in [4.69, 9.17) is 0 Å². The van der Waals surface area contributed by atoms with Crippen molar-refractivity contribution in [1.82, 2.24) is 9.97 Å². The van der Waals surface area contributed by atoms with Gasteiger partial charge in [0.2, 0.25) is 0 Å². The van der Waals surface area contributed by atoms with Crippen LogP contribution in [-0.4, -0.2) is 36.1 Å². The van der Waals surface area contributed by atoms with Crippen LogP contribution in [0.5, 0.6) is 0 Å². The Morgan fingerprint density at radius 3 is 2.41 bits per heavy atom. The van der Waals surface area contributed by atoms with E-state index in [0.29, 0.717) is 31.9 Å². The van der Waals surface area contributed by atoms with Gasteiger partial charge in [0.15, 0.2) is 0 Å². The molecule has 4 nitrogen and oxygen atoms in total. The Morgan fingerprint density at radius 1 is 1.00 bits per heavy atom. The van der Waals surface area contributed by atoms with Gasteiger partial charge in [0.25, 0.3) is 0 Å². The molecule has 0 spiro atoms. The van der Waals surface area contributed by atoms with E-state index in [-0.39, 0.29) is 0 Å². The molecule has 0 unspecified atom stereocenters. The molecule has 1 saturated heterocycles. The van der Waals surface area contributed by atoms with E-state index in [1.165, 1.54) is 22.6 Å². The Bertz CT molecular complexity index is 975. The molecular weight excluding hydrogens is 373 g/mol. The molecule has 2 aromatic heterocycles. The van der Waals surface area contributed by atoms with Gasteiger partial charge >= 0.3 is 6.18 Å². The highest BCUT2D eigenvalue weighted by Gasteiger charge is 2.31. The SMILES string of the molecule is Cc1sc2ncnc(N3CCN(c4cccc(C(F)(F)F)c4)CC3)c2c1C. The zero-order valence-corrected chi connectivity index (χ0v) is 15.9. The van der Waals surface area contributed by atoms with Crippen LogP contribution in [0.25, 0.3) is 10.2 Å². The summed E-state index contributed by atoms with van der Waals surface area (Å²) in [5, 5.41) is 1.09. The van der Waals surface area contributed by atoms with Crippen molar-refractivity contribution in [2.75, 3.05) is 36.0 Å². The Balaban J connectivity index is 1.55. The van der Waals surface area contributed by atoms with Crippen molar-refractivity contribution < 1.29 is 13.2 Å². The van der Waals surface area contributed by atoms with Gasteiger partial charge in [0.1, 0.15) is 17.0 Å². The Kier molecular flexibility index (Phi) is 4.46. The third kappa shape index (κ3) is 3.34. The predicted octanol–water partition coefficient (Wildman–Crippen LogP) is 4.65. The molecule has 0 bridgehead atoms. The van der Waals surface area contributed by atoms with E-state index in [0.717, 1.165) is 22.1 Å². The van der Waals surface area contributed by atoms with Crippen LogP contribution in [0.4, 0.5) is 24.7 Å². The van der Waals surface area contributed by atoms with Gasteiger partial charge in [-0.05, 0) is 37.6 Å². The fourth-order valence-corrected chi connectivity index (χ4v) is 4.45. The van der Waals surface area contributed by atoms with E-state index in [1.807, 2.05) is 4.90 Å². The average Bonchev–Trinajstić information content (AvgIpc) is 2.95. The maximum Gasteiger partial charge on any atom is 0.416 e. The summed E-state index contributed by atoms with van der Waals surface area (Å²) < 4.78 is 38.9. The van der Waals surface area contributed by atoms with Crippen molar-refractivity contribution in [3.8, 4) is 0 Å². The monoisotopic (exact) mass is 392 g/mol. The first-order valence-electron chi connectivity index (χ1n) is 8.72. The molecule has 0 amide bonds. The molecule has 4 rings (SSSR count). The first-order chi connectivity index (χ1) is 12.8. The van der Waals surface area contributed by atoms with Gasteiger partial charge in [-0.1, -0.05) is 6.07 Å². The average molecular weight is 392 g/mol. The molecule has 8 heteroatoms. The van der Waals surface area contributed by atoms with Crippen LogP contribution in [0.3, 0.4) is 0 Å². The molecule has 27 heavy (non-hydrogen) atoms. The van der Waals surface area contributed by atoms with Crippen molar-refractivity contribution in [2.45, 2.75) is 20.0 Å². The van der Waals surface area contributed by atoms with E-state index in [2.05, 4.69) is 28.7 Å². The summed E-state index contributed by atoms with van der Waals surface area (Å²) in [5.74, 6) is 0.922. The topological polar surface area (TPSA) is 32.3 Å². The highest BCUT2D eigenvalue weighted by Crippen LogP contribution is 2.35. The summed E-state index contributed by atoms with van der Waals surface area (Å²) in [4.78, 5) is 15.3. The molecule has 142 valence electrons. The molecule has 1 aliphatic heterocycles. The van der Waals surface area contributed by atoms with Crippen molar-refractivity contribution >= 4 is 33.1 Å². The van der Waals surface area contributed by atoms with Gasteiger partial charge in [-0.3, -0.25) is 0 Å². The summed E-state index contributed by atoms with van der Waals surface area (Å²) in [7, 11) is 0. The lowest BCUT2D eigenvalue weighted by Gasteiger charge is -2.37. The summed E-state index contributed by atoms with van der Waals surface area (Å²) in [5.41, 5.74) is 1.20. The maximum atomic E-state index is 13.0. The van der Waals surface area contributed by atoms with Crippen LogP contribution < -0.4 is 9.80 Å². The first-order valence-corrected chi connectivity index (χ1v) is 9.54. The van der Waals surface area contributed by atoms with Gasteiger partial charge < -0.3 is 9.80 Å². The number of benzene rings is 1. The quantitative estimate of drug-likeness (QED) is 0.635. The van der Waals surface area contributed by atoms with E-state index >= 15 is 0 Å². The zero-order chi connectivity index (χ0) is 19.2. The second-order valence-corrected chi connectivity index (χ2v) is 7.89. The number of fused-ring (bicyclic) bond motifs is 1. The van der Waals surface area contributed by atoms with Crippen LogP contribution in [0.2, 0.25) is 0 Å². The third-order valence-electron chi connectivity index (χ3n) is 5.06. The normalized spacial score (nSPS) is 15.6. The predicted molar refractivity (Wildman–Crippen MR) is 103 cm³/mol. The fourth-order valence-electron chi connectivity index (χ4n) is 3.46. The van der Waals surface area contributed by atoms with E-state index in [9.17, 15) is 13.2 Å². The zero-order valence-electron chi connectivity index (χ0n) is 15.0. The molecule has 1 aliphatic rings. The number of rotatable bonds is 2. The highest BCUT2D eigenvalue weighted by atomic mass is 32.1. The summed E-state index contributed by atoms with van der Waals surface area (Å²) in [6, 6.07) is 5.54. The lowest BCUT2D eigenvalue weighted by atomic mass is 10.1. The molecule has 0 N–H and O–H groups in total. The van der Waals surface area contributed by atoms with Crippen LogP contribution in [0, 0.1) is 13.8 Å². The molecular formula is C19H19F3N4S. The van der Waals surface area contributed by atoms with E-state index < -0.39 is 11.7 Å². The van der Waals surface area contributed by atoms with Gasteiger partial charge in [0, 0.05) is 36.7 Å². The number of thiophene rings is 1. The van der Waals surface area contributed by atoms with Crippen molar-refractivity contribution in [3.05, 3.63) is 46.6 Å². The first kappa shape index (κ1) is 18.0. The molecule has 0 radical (unpaired) electrons. The Hall–Kier alpha value is -2.35. The molecule has 0 atom stereocenters. The van der Waals surface area contributed by atoms with Crippen LogP contribution in [-0.2, 0) is 6.18 Å². The number of halogens is 3. The van der Waals surface area contributed by atoms with Crippen LogP contribution in [0.1, 0.15) is 16.0 Å². The fraction of sp³-hybridized carbons (Fsp3) is 0.368. The molecule has 3 aromatic rings. The molecule has 0 saturated carbocycles. The van der Waals surface area contributed by atoms with Gasteiger partial charge in [-0.15, -0.1) is 11.3 Å². The number of nitrogens with zero attached hydrogens (tertiary/aromatic N) is 4. The second kappa shape index (κ2) is 6.67. The standard InChI is InChI=1S/C19H19F3N4S/c1-12-13(2)27-18-16(12)17(23-11-24-18)26-8-6-25(7-9-26)15-5-3-4-14(10-15)19(20,21)22/h3-5,10-11H,6-9H2,1-2H3. The Labute approximate surface area is 159 Å². The van der Waals surface area contributed by atoms with Gasteiger partial charge in [-0.2, -0.15) is 13.2 Å². The minimum absolute atomic E-state index is 0.607. The lowest BCUT2D eigenvalue weighted by molar-refractivity contribution is -0.137. The molecule has 1 aromatic carbocycles. The Morgan fingerprint density at radius 2 is 1.70 bits per heavy atom. The van der Waals surface area contributed by atoms with Crippen molar-refractivity contribution in [2.24, 2.45) is 0 Å². The van der Waals surface area contributed by atoms with E-state index in [1.54, 1.807) is 23.7 Å². The minimum Gasteiger partial charge on any atom is -0.368 e. The second-order valence-electron chi connectivity index (χ2n) is 6.68. The number of piperazine rings is 1. The number of aromatic nitrogens is 2. The smallest absolute Gasteiger partial charge is 0.368 e. The third-order valence-corrected chi connectivity index (χ3v) is 6.18. The highest BCUT2D eigenvalue weighted by molar-refractivity contribution is 7.18. The summed E-state index contributed by atoms with van der Waals surface area (Å²) in [6.07, 6.45) is -2.73. The van der Waals surface area contributed by atoms with Crippen LogP contribution in [0.15, 0.2) is 30.6 Å². The largest absolute Gasteiger partial charge is 0.416 e. The maximum absolute atomic E-state index is 13.0. The van der Waals surface area contributed by atoms with Gasteiger partial charge in [0.05, 0.1) is 10.9 Å². The number of hydrogen-bond acceptors (Lipinski definition) is 5. The number of alkyl halides is 3. The van der Waals surface area contributed by atoms with Crippen LogP contribution >= 0.6 is 11.3 Å².